The Morgan fingerprint density at radius 1 is 1.03 bits per heavy atom. The highest BCUT2D eigenvalue weighted by atomic mass is 19.2. The molecule has 1 aliphatic heterocycles. The molecular weight excluding hydrogens is 415 g/mol. The van der Waals surface area contributed by atoms with Gasteiger partial charge in [-0.05, 0) is 68.2 Å². The van der Waals surface area contributed by atoms with Crippen molar-refractivity contribution in [2.75, 3.05) is 13.1 Å². The number of carbonyl (C=O) groups is 1. The Morgan fingerprint density at radius 2 is 1.81 bits per heavy atom. The van der Waals surface area contributed by atoms with Gasteiger partial charge in [0, 0.05) is 23.9 Å². The smallest absolute Gasteiger partial charge is 0.251 e. The van der Waals surface area contributed by atoms with Crippen molar-refractivity contribution in [2.24, 2.45) is 5.92 Å². The number of piperidine rings is 1. The van der Waals surface area contributed by atoms with Crippen LogP contribution in [0.1, 0.15) is 40.5 Å². The van der Waals surface area contributed by atoms with Gasteiger partial charge in [-0.3, -0.25) is 14.7 Å². The first kappa shape index (κ1) is 22.0. The molecule has 1 fully saturated rings. The molecule has 1 atom stereocenters. The molecule has 2 aromatic carbocycles. The number of likely N-dealkylation sites (tertiary alicyclic amines) is 1. The number of benzene rings is 2. The van der Waals surface area contributed by atoms with Crippen molar-refractivity contribution in [2.45, 2.75) is 25.4 Å². The van der Waals surface area contributed by atoms with E-state index < -0.39 is 17.5 Å². The van der Waals surface area contributed by atoms with E-state index in [1.165, 1.54) is 24.3 Å². The van der Waals surface area contributed by atoms with Gasteiger partial charge >= 0.3 is 0 Å². The largest absolute Gasteiger partial charge is 0.343 e. The normalized spacial score (nSPS) is 16.0. The van der Waals surface area contributed by atoms with E-state index in [2.05, 4.69) is 15.2 Å². The van der Waals surface area contributed by atoms with Crippen LogP contribution in [0.25, 0.3) is 0 Å². The van der Waals surface area contributed by atoms with Crippen LogP contribution in [0.3, 0.4) is 0 Å². The van der Waals surface area contributed by atoms with Crippen molar-refractivity contribution in [3.8, 4) is 0 Å². The molecule has 0 aliphatic carbocycles. The molecule has 1 saturated heterocycles. The highest BCUT2D eigenvalue weighted by Gasteiger charge is 2.30. The number of nitrogens with zero attached hydrogens (tertiary/aromatic N) is 2. The molecule has 0 bridgehead atoms. The summed E-state index contributed by atoms with van der Waals surface area (Å²) in [6, 6.07) is 15.0. The van der Waals surface area contributed by atoms with Gasteiger partial charge in [0.1, 0.15) is 5.82 Å². The third-order valence-corrected chi connectivity index (χ3v) is 5.91. The lowest BCUT2D eigenvalue weighted by atomic mass is 9.87. The van der Waals surface area contributed by atoms with Gasteiger partial charge in [0.15, 0.2) is 11.6 Å². The number of nitrogens with one attached hydrogen (secondary N) is 1. The second-order valence-corrected chi connectivity index (χ2v) is 8.04. The number of rotatable bonds is 6. The quantitative estimate of drug-likeness (QED) is 0.595. The number of hydrogen-bond donors (Lipinski definition) is 1. The van der Waals surface area contributed by atoms with Gasteiger partial charge < -0.3 is 5.32 Å². The predicted molar refractivity (Wildman–Crippen MR) is 115 cm³/mol. The van der Waals surface area contributed by atoms with E-state index in [1.807, 2.05) is 18.2 Å². The Bertz CT molecular complexity index is 1070. The highest BCUT2D eigenvalue weighted by molar-refractivity contribution is 5.94. The van der Waals surface area contributed by atoms with Crippen LogP contribution < -0.4 is 5.32 Å². The van der Waals surface area contributed by atoms with Crippen molar-refractivity contribution in [3.63, 3.8) is 0 Å². The predicted octanol–water partition coefficient (Wildman–Crippen LogP) is 4.88. The minimum Gasteiger partial charge on any atom is -0.343 e. The molecule has 1 amide bonds. The SMILES string of the molecule is O=C(N[C@@H](c1ccccn1)C1CCN(Cc2cccc(F)c2F)CC1)c1cccc(F)c1. The van der Waals surface area contributed by atoms with Gasteiger partial charge in [-0.1, -0.05) is 24.3 Å². The summed E-state index contributed by atoms with van der Waals surface area (Å²) in [7, 11) is 0. The topological polar surface area (TPSA) is 45.2 Å². The summed E-state index contributed by atoms with van der Waals surface area (Å²) in [5.74, 6) is -2.36. The molecular formula is C25H24F3N3O. The molecule has 0 saturated carbocycles. The Morgan fingerprint density at radius 3 is 2.53 bits per heavy atom. The van der Waals surface area contributed by atoms with E-state index in [9.17, 15) is 18.0 Å². The Balaban J connectivity index is 1.46. The van der Waals surface area contributed by atoms with Gasteiger partial charge in [0.25, 0.3) is 5.91 Å². The summed E-state index contributed by atoms with van der Waals surface area (Å²) in [5.41, 5.74) is 1.33. The number of amides is 1. The summed E-state index contributed by atoms with van der Waals surface area (Å²) in [5, 5.41) is 3.03. The molecule has 2 heterocycles. The Labute approximate surface area is 185 Å². The summed E-state index contributed by atoms with van der Waals surface area (Å²) in [4.78, 5) is 19.3. The van der Waals surface area contributed by atoms with E-state index in [0.29, 0.717) is 25.2 Å². The third kappa shape index (κ3) is 5.16. The van der Waals surface area contributed by atoms with Gasteiger partial charge in [-0.15, -0.1) is 0 Å². The molecule has 0 radical (unpaired) electrons. The maximum absolute atomic E-state index is 14.0. The van der Waals surface area contributed by atoms with Crippen molar-refractivity contribution in [3.05, 3.63) is 101 Å². The van der Waals surface area contributed by atoms with Crippen molar-refractivity contribution in [1.29, 1.82) is 0 Å². The zero-order chi connectivity index (χ0) is 22.5. The summed E-state index contributed by atoms with van der Waals surface area (Å²) in [6.45, 7) is 1.69. The van der Waals surface area contributed by atoms with Gasteiger partial charge in [0.2, 0.25) is 0 Å². The van der Waals surface area contributed by atoms with Crippen LogP contribution in [-0.2, 0) is 6.54 Å². The lowest BCUT2D eigenvalue weighted by molar-refractivity contribution is 0.0887. The standard InChI is InChI=1S/C25H24F3N3O/c26-20-7-3-5-18(15-20)25(32)30-24(22-9-1-2-12-29-22)17-10-13-31(14-11-17)16-19-6-4-8-21(27)23(19)28/h1-9,12,15,17,24H,10-11,13-14,16H2,(H,30,32)/t24-/m1/s1. The molecule has 1 aliphatic rings. The average Bonchev–Trinajstić information content (AvgIpc) is 2.81. The minimum absolute atomic E-state index is 0.107. The van der Waals surface area contributed by atoms with E-state index in [1.54, 1.807) is 18.3 Å². The van der Waals surface area contributed by atoms with Crippen LogP contribution >= 0.6 is 0 Å². The fourth-order valence-corrected chi connectivity index (χ4v) is 4.20. The third-order valence-electron chi connectivity index (χ3n) is 5.91. The van der Waals surface area contributed by atoms with E-state index in [0.717, 1.165) is 24.6 Å². The monoisotopic (exact) mass is 439 g/mol. The Kier molecular flexibility index (Phi) is 6.85. The van der Waals surface area contributed by atoms with Gasteiger partial charge in [-0.25, -0.2) is 13.2 Å². The van der Waals surface area contributed by atoms with Crippen LogP contribution in [0.5, 0.6) is 0 Å². The van der Waals surface area contributed by atoms with E-state index in [-0.39, 0.29) is 23.4 Å². The molecule has 1 aromatic heterocycles. The van der Waals surface area contributed by atoms with Crippen molar-refractivity contribution < 1.29 is 18.0 Å². The van der Waals surface area contributed by atoms with Crippen LogP contribution in [0.15, 0.2) is 66.9 Å². The molecule has 32 heavy (non-hydrogen) atoms. The molecule has 4 rings (SSSR count). The van der Waals surface area contributed by atoms with Crippen molar-refractivity contribution >= 4 is 5.91 Å². The van der Waals surface area contributed by atoms with Crippen LogP contribution in [0.4, 0.5) is 13.2 Å². The molecule has 0 unspecified atom stereocenters. The minimum atomic E-state index is -0.840. The van der Waals surface area contributed by atoms with E-state index in [4.69, 9.17) is 0 Å². The molecule has 166 valence electrons. The number of hydrogen-bond acceptors (Lipinski definition) is 3. The first-order valence-electron chi connectivity index (χ1n) is 10.6. The zero-order valence-electron chi connectivity index (χ0n) is 17.5. The van der Waals surface area contributed by atoms with Gasteiger partial charge in [0.05, 0.1) is 11.7 Å². The fourth-order valence-electron chi connectivity index (χ4n) is 4.20. The Hall–Kier alpha value is -3.19. The summed E-state index contributed by atoms with van der Waals surface area (Å²) < 4.78 is 41.1. The van der Waals surface area contributed by atoms with Gasteiger partial charge in [-0.2, -0.15) is 0 Å². The lowest BCUT2D eigenvalue weighted by Crippen LogP contribution is -2.41. The van der Waals surface area contributed by atoms with Crippen LogP contribution in [-0.4, -0.2) is 28.9 Å². The first-order valence-corrected chi connectivity index (χ1v) is 10.6. The van der Waals surface area contributed by atoms with Crippen LogP contribution in [0.2, 0.25) is 0 Å². The maximum atomic E-state index is 14.0. The van der Waals surface area contributed by atoms with Crippen LogP contribution in [0, 0.1) is 23.4 Å². The molecule has 1 N–H and O–H groups in total. The zero-order valence-corrected chi connectivity index (χ0v) is 17.5. The molecule has 4 nitrogen and oxygen atoms in total. The number of pyridine rings is 1. The number of halogens is 3. The summed E-state index contributed by atoms with van der Waals surface area (Å²) >= 11 is 0. The number of aromatic nitrogens is 1. The second kappa shape index (κ2) is 9.96. The molecule has 3 aromatic rings. The summed E-state index contributed by atoms with van der Waals surface area (Å²) in [6.07, 6.45) is 3.18. The maximum Gasteiger partial charge on any atom is 0.251 e. The first-order chi connectivity index (χ1) is 15.5. The molecule has 7 heteroatoms. The lowest BCUT2D eigenvalue weighted by Gasteiger charge is -2.36. The average molecular weight is 439 g/mol. The number of carbonyl (C=O) groups excluding carboxylic acids is 1. The molecule has 0 spiro atoms. The second-order valence-electron chi connectivity index (χ2n) is 8.04. The fraction of sp³-hybridized carbons (Fsp3) is 0.280. The van der Waals surface area contributed by atoms with E-state index >= 15 is 0 Å². The highest BCUT2D eigenvalue weighted by Crippen LogP contribution is 2.31. The van der Waals surface area contributed by atoms with Crippen molar-refractivity contribution in [1.82, 2.24) is 15.2 Å².